The molecule has 0 aliphatic carbocycles. The van der Waals surface area contributed by atoms with Crippen molar-refractivity contribution in [2.24, 2.45) is 7.05 Å². The van der Waals surface area contributed by atoms with Gasteiger partial charge in [0.05, 0.1) is 11.9 Å². The molecular weight excluding hydrogens is 314 g/mol. The average molecular weight is 335 g/mol. The summed E-state index contributed by atoms with van der Waals surface area (Å²) in [5, 5.41) is 0.0671. The minimum atomic E-state index is -3.68. The summed E-state index contributed by atoms with van der Waals surface area (Å²) in [5.41, 5.74) is 0.944. The molecule has 0 spiro atoms. The highest BCUT2D eigenvalue weighted by Crippen LogP contribution is 2.40. The van der Waals surface area contributed by atoms with Crippen LogP contribution in [-0.2, 0) is 22.6 Å². The molecule has 7 nitrogen and oxygen atoms in total. The van der Waals surface area contributed by atoms with Crippen LogP contribution in [0.25, 0.3) is 0 Å². The Hall–Kier alpha value is -1.80. The predicted octanol–water partition coefficient (Wildman–Crippen LogP) is 1.53. The molecule has 0 aromatic carbocycles. The van der Waals surface area contributed by atoms with E-state index in [1.165, 1.54) is 16.8 Å². The van der Waals surface area contributed by atoms with E-state index in [0.29, 0.717) is 18.8 Å². The first kappa shape index (κ1) is 16.1. The van der Waals surface area contributed by atoms with Gasteiger partial charge in [-0.1, -0.05) is 0 Å². The molecule has 1 aliphatic rings. The van der Waals surface area contributed by atoms with E-state index in [9.17, 15) is 8.42 Å². The molecule has 0 N–H and O–H groups in total. The number of rotatable bonds is 3. The second kappa shape index (κ2) is 5.38. The Morgan fingerprint density at radius 2 is 1.87 bits per heavy atom. The molecule has 8 heteroatoms. The third-order valence-electron chi connectivity index (χ3n) is 4.27. The highest BCUT2D eigenvalue weighted by atomic mass is 32.2. The van der Waals surface area contributed by atoms with Crippen molar-refractivity contribution >= 4 is 10.0 Å². The molecule has 3 rings (SSSR count). The molecule has 3 heterocycles. The van der Waals surface area contributed by atoms with Gasteiger partial charge in [-0.25, -0.2) is 23.4 Å². The lowest BCUT2D eigenvalue weighted by molar-refractivity contribution is 0.253. The second-order valence-electron chi connectivity index (χ2n) is 6.31. The summed E-state index contributed by atoms with van der Waals surface area (Å²) in [6.45, 7) is 6.14. The van der Waals surface area contributed by atoms with Crippen molar-refractivity contribution in [3.05, 3.63) is 35.8 Å². The third-order valence-corrected chi connectivity index (χ3v) is 6.18. The zero-order chi connectivity index (χ0) is 16.8. The van der Waals surface area contributed by atoms with Crippen molar-refractivity contribution in [2.45, 2.75) is 44.2 Å². The Bertz CT molecular complexity index is 825. The molecule has 0 bridgehead atoms. The number of aromatic nitrogens is 4. The molecule has 2 aromatic rings. The van der Waals surface area contributed by atoms with Crippen LogP contribution in [0.15, 0.2) is 23.6 Å². The molecule has 1 fully saturated rings. The van der Waals surface area contributed by atoms with Crippen molar-refractivity contribution in [2.75, 3.05) is 6.54 Å². The highest BCUT2D eigenvalue weighted by Gasteiger charge is 2.48. The number of nitrogens with zero attached hydrogens (tertiary/aromatic N) is 5. The minimum absolute atomic E-state index is 0.0671. The molecule has 23 heavy (non-hydrogen) atoms. The van der Waals surface area contributed by atoms with Gasteiger partial charge >= 0.3 is 0 Å². The Morgan fingerprint density at radius 1 is 1.22 bits per heavy atom. The average Bonchev–Trinajstić information content (AvgIpc) is 3.05. The maximum absolute atomic E-state index is 13.0. The lowest BCUT2D eigenvalue weighted by Crippen LogP contribution is -2.44. The van der Waals surface area contributed by atoms with Crippen LogP contribution in [0.3, 0.4) is 0 Å². The van der Waals surface area contributed by atoms with Gasteiger partial charge < -0.3 is 4.57 Å². The third kappa shape index (κ3) is 2.66. The van der Waals surface area contributed by atoms with Crippen LogP contribution < -0.4 is 0 Å². The van der Waals surface area contributed by atoms with Crippen molar-refractivity contribution in [1.82, 2.24) is 23.8 Å². The van der Waals surface area contributed by atoms with Crippen LogP contribution in [-0.4, -0.2) is 38.8 Å². The molecular formula is C15H21N5O2S. The fourth-order valence-corrected chi connectivity index (χ4v) is 4.93. The molecule has 0 saturated carbocycles. The van der Waals surface area contributed by atoms with Crippen molar-refractivity contribution in [1.29, 1.82) is 0 Å². The van der Waals surface area contributed by atoms with E-state index in [2.05, 4.69) is 15.0 Å². The van der Waals surface area contributed by atoms with Gasteiger partial charge in [0.2, 0.25) is 0 Å². The van der Waals surface area contributed by atoms with Crippen molar-refractivity contribution < 1.29 is 8.42 Å². The van der Waals surface area contributed by atoms with Gasteiger partial charge in [0, 0.05) is 31.2 Å². The molecule has 1 atom stereocenters. The van der Waals surface area contributed by atoms with Crippen LogP contribution in [0.4, 0.5) is 0 Å². The molecule has 124 valence electrons. The summed E-state index contributed by atoms with van der Waals surface area (Å²) in [5.74, 6) is 0.562. The number of aryl methyl sites for hydroxylation is 3. The van der Waals surface area contributed by atoms with Crippen molar-refractivity contribution in [3.63, 3.8) is 0 Å². The minimum Gasteiger partial charge on any atom is -0.339 e. The lowest BCUT2D eigenvalue weighted by atomic mass is 9.99. The van der Waals surface area contributed by atoms with Crippen molar-refractivity contribution in [3.8, 4) is 0 Å². The summed E-state index contributed by atoms with van der Waals surface area (Å²) in [7, 11) is -1.93. The van der Waals surface area contributed by atoms with E-state index < -0.39 is 15.6 Å². The quantitative estimate of drug-likeness (QED) is 0.849. The van der Waals surface area contributed by atoms with E-state index in [4.69, 9.17) is 0 Å². The van der Waals surface area contributed by atoms with Crippen LogP contribution in [0, 0.1) is 13.8 Å². The maximum Gasteiger partial charge on any atom is 0.262 e. The summed E-state index contributed by atoms with van der Waals surface area (Å²) in [6.07, 6.45) is 4.49. The zero-order valence-electron chi connectivity index (χ0n) is 13.8. The molecule has 1 unspecified atom stereocenters. The monoisotopic (exact) mass is 335 g/mol. The van der Waals surface area contributed by atoms with E-state index in [-0.39, 0.29) is 5.03 Å². The largest absolute Gasteiger partial charge is 0.339 e. The number of imidazole rings is 1. The maximum atomic E-state index is 13.0. The van der Waals surface area contributed by atoms with Crippen LogP contribution in [0.1, 0.15) is 37.0 Å². The summed E-state index contributed by atoms with van der Waals surface area (Å²) < 4.78 is 29.1. The highest BCUT2D eigenvalue weighted by molar-refractivity contribution is 7.89. The lowest BCUT2D eigenvalue weighted by Gasteiger charge is -2.32. The summed E-state index contributed by atoms with van der Waals surface area (Å²) in [6, 6.07) is 1.89. The topological polar surface area (TPSA) is 81.0 Å². The standard InChI is InChI=1S/C15H21N5O2S/c1-11-8-12(2)18-14(17-11)15(3)6-5-7-20(15)23(21,22)13-9-19(4)10-16-13/h8-10H,5-7H2,1-4H3. The molecule has 1 saturated heterocycles. The number of sulfonamides is 1. The van der Waals surface area contributed by atoms with Gasteiger partial charge in [-0.15, -0.1) is 0 Å². The van der Waals surface area contributed by atoms with Gasteiger partial charge in [-0.2, -0.15) is 4.31 Å². The Morgan fingerprint density at radius 3 is 2.43 bits per heavy atom. The van der Waals surface area contributed by atoms with Gasteiger partial charge in [0.1, 0.15) is 5.82 Å². The SMILES string of the molecule is Cc1cc(C)nc(C2(C)CCCN2S(=O)(=O)c2cn(C)cn2)n1. The number of hydrogen-bond acceptors (Lipinski definition) is 5. The fraction of sp³-hybridized carbons (Fsp3) is 0.533. The van der Waals surface area contributed by atoms with Crippen LogP contribution in [0.5, 0.6) is 0 Å². The van der Waals surface area contributed by atoms with E-state index in [1.807, 2.05) is 26.8 Å². The first-order valence-electron chi connectivity index (χ1n) is 7.57. The summed E-state index contributed by atoms with van der Waals surface area (Å²) >= 11 is 0. The van der Waals surface area contributed by atoms with Gasteiger partial charge in [-0.3, -0.25) is 0 Å². The predicted molar refractivity (Wildman–Crippen MR) is 85.2 cm³/mol. The first-order valence-corrected chi connectivity index (χ1v) is 9.01. The smallest absolute Gasteiger partial charge is 0.262 e. The van der Waals surface area contributed by atoms with Gasteiger partial charge in [0.15, 0.2) is 5.03 Å². The van der Waals surface area contributed by atoms with Crippen LogP contribution >= 0.6 is 0 Å². The molecule has 2 aromatic heterocycles. The molecule has 1 aliphatic heterocycles. The van der Waals surface area contributed by atoms with Crippen LogP contribution in [0.2, 0.25) is 0 Å². The Labute approximate surface area is 136 Å². The van der Waals surface area contributed by atoms with E-state index in [0.717, 1.165) is 17.8 Å². The normalized spacial score (nSPS) is 22.6. The Kier molecular flexibility index (Phi) is 3.76. The van der Waals surface area contributed by atoms with E-state index in [1.54, 1.807) is 11.6 Å². The molecule has 0 radical (unpaired) electrons. The first-order chi connectivity index (χ1) is 10.7. The zero-order valence-corrected chi connectivity index (χ0v) is 14.6. The van der Waals surface area contributed by atoms with E-state index >= 15 is 0 Å². The fourth-order valence-electron chi connectivity index (χ4n) is 3.15. The number of hydrogen-bond donors (Lipinski definition) is 0. The second-order valence-corrected chi connectivity index (χ2v) is 8.12. The summed E-state index contributed by atoms with van der Waals surface area (Å²) in [4.78, 5) is 13.0. The Balaban J connectivity index is 2.09. The van der Waals surface area contributed by atoms with Gasteiger partial charge in [-0.05, 0) is 39.7 Å². The molecule has 0 amide bonds. The van der Waals surface area contributed by atoms with Gasteiger partial charge in [0.25, 0.3) is 10.0 Å².